The minimum atomic E-state index is -0.0930. The number of allylic oxidation sites excluding steroid dienone is 1. The van der Waals surface area contributed by atoms with Crippen LogP contribution in [0.4, 0.5) is 0 Å². The van der Waals surface area contributed by atoms with Crippen LogP contribution in [-0.4, -0.2) is 18.0 Å². The molecule has 20 heavy (non-hydrogen) atoms. The van der Waals surface area contributed by atoms with E-state index in [1.165, 1.54) is 19.3 Å². The van der Waals surface area contributed by atoms with Gasteiger partial charge in [-0.15, -0.1) is 0 Å². The van der Waals surface area contributed by atoms with Crippen LogP contribution in [0, 0.1) is 0 Å². The number of phenolic OH excluding ortho intramolecular Hbond substituents is 1. The van der Waals surface area contributed by atoms with E-state index in [2.05, 4.69) is 15.9 Å². The molecule has 0 heterocycles. The number of hydrogen-bond donors (Lipinski definition) is 1. The van der Waals surface area contributed by atoms with Gasteiger partial charge in [-0.2, -0.15) is 0 Å². The molecular formula is C16H13BrO3. The van der Waals surface area contributed by atoms with E-state index in [4.69, 9.17) is 4.74 Å². The molecule has 0 saturated heterocycles. The number of halogens is 1. The number of benzene rings is 2. The fraction of sp³-hybridized carbons (Fsp3) is 0.0625. The highest BCUT2D eigenvalue weighted by Gasteiger charge is 2.06. The lowest BCUT2D eigenvalue weighted by molar-refractivity contribution is 0.104. The summed E-state index contributed by atoms with van der Waals surface area (Å²) in [5.41, 5.74) is 1.38. The average molecular weight is 333 g/mol. The van der Waals surface area contributed by atoms with Crippen LogP contribution in [0.5, 0.6) is 11.5 Å². The molecule has 102 valence electrons. The van der Waals surface area contributed by atoms with E-state index in [0.29, 0.717) is 11.3 Å². The van der Waals surface area contributed by atoms with Gasteiger partial charge in [-0.25, -0.2) is 0 Å². The van der Waals surface area contributed by atoms with Gasteiger partial charge in [-0.3, -0.25) is 4.79 Å². The minimum Gasteiger partial charge on any atom is -0.504 e. The van der Waals surface area contributed by atoms with Crippen LogP contribution in [0.1, 0.15) is 15.9 Å². The first-order valence-electron chi connectivity index (χ1n) is 5.96. The predicted molar refractivity (Wildman–Crippen MR) is 82.2 cm³/mol. The quantitative estimate of drug-likeness (QED) is 0.678. The molecule has 0 spiro atoms. The van der Waals surface area contributed by atoms with Crippen molar-refractivity contribution < 1.29 is 14.6 Å². The first-order chi connectivity index (χ1) is 9.61. The number of carbonyl (C=O) groups is 1. The lowest BCUT2D eigenvalue weighted by atomic mass is 10.1. The Bertz CT molecular complexity index is 663. The molecule has 0 radical (unpaired) electrons. The van der Waals surface area contributed by atoms with Gasteiger partial charge in [-0.1, -0.05) is 40.2 Å². The highest BCUT2D eigenvalue weighted by molar-refractivity contribution is 9.10. The molecule has 0 aliphatic heterocycles. The smallest absolute Gasteiger partial charge is 0.186 e. The van der Waals surface area contributed by atoms with Crippen LogP contribution in [0.25, 0.3) is 6.08 Å². The normalized spacial score (nSPS) is 10.7. The number of carbonyl (C=O) groups excluding carboxylic acids is 1. The molecule has 0 atom stereocenters. The van der Waals surface area contributed by atoms with Crippen molar-refractivity contribution in [1.29, 1.82) is 0 Å². The number of ketones is 1. The van der Waals surface area contributed by atoms with Gasteiger partial charge in [0.2, 0.25) is 0 Å². The van der Waals surface area contributed by atoms with Crippen LogP contribution in [0.2, 0.25) is 0 Å². The minimum absolute atomic E-state index is 0.0711. The van der Waals surface area contributed by atoms with Crippen molar-refractivity contribution in [2.24, 2.45) is 0 Å². The van der Waals surface area contributed by atoms with Crippen molar-refractivity contribution in [2.75, 3.05) is 7.11 Å². The molecule has 3 nitrogen and oxygen atoms in total. The first-order valence-corrected chi connectivity index (χ1v) is 6.75. The second-order valence-electron chi connectivity index (χ2n) is 4.11. The van der Waals surface area contributed by atoms with Gasteiger partial charge < -0.3 is 9.84 Å². The van der Waals surface area contributed by atoms with E-state index in [1.54, 1.807) is 24.3 Å². The Morgan fingerprint density at radius 2 is 2.00 bits per heavy atom. The van der Waals surface area contributed by atoms with E-state index >= 15 is 0 Å². The molecule has 0 bridgehead atoms. The summed E-state index contributed by atoms with van der Waals surface area (Å²) in [6.07, 6.45) is 3.18. The highest BCUT2D eigenvalue weighted by atomic mass is 79.9. The van der Waals surface area contributed by atoms with Crippen molar-refractivity contribution in [2.45, 2.75) is 0 Å². The molecule has 0 aliphatic carbocycles. The maximum absolute atomic E-state index is 12.1. The van der Waals surface area contributed by atoms with E-state index in [9.17, 15) is 9.90 Å². The van der Waals surface area contributed by atoms with Crippen molar-refractivity contribution in [3.05, 3.63) is 64.1 Å². The molecule has 0 aliphatic rings. The Kier molecular flexibility index (Phi) is 4.58. The summed E-state index contributed by atoms with van der Waals surface area (Å²) in [6.45, 7) is 0. The standard InChI is InChI=1S/C16H13BrO3/c1-20-16-10-11(7-9-15(16)19)6-8-14(18)12-4-2-3-5-13(12)17/h2-10,19H,1H3. The monoisotopic (exact) mass is 332 g/mol. The third-order valence-corrected chi connectivity index (χ3v) is 3.46. The second-order valence-corrected chi connectivity index (χ2v) is 4.96. The number of aromatic hydroxyl groups is 1. The fourth-order valence-electron chi connectivity index (χ4n) is 1.72. The zero-order valence-electron chi connectivity index (χ0n) is 10.8. The third-order valence-electron chi connectivity index (χ3n) is 2.77. The van der Waals surface area contributed by atoms with Gasteiger partial charge >= 0.3 is 0 Å². The summed E-state index contributed by atoms with van der Waals surface area (Å²) >= 11 is 3.35. The van der Waals surface area contributed by atoms with Gasteiger partial charge in [0.1, 0.15) is 0 Å². The molecule has 0 unspecified atom stereocenters. The number of ether oxygens (including phenoxy) is 1. The molecular weight excluding hydrogens is 320 g/mol. The summed E-state index contributed by atoms with van der Waals surface area (Å²) in [5.74, 6) is 0.354. The average Bonchev–Trinajstić information content (AvgIpc) is 2.46. The van der Waals surface area contributed by atoms with Crippen LogP contribution in [0.15, 0.2) is 53.0 Å². The Morgan fingerprint density at radius 3 is 2.70 bits per heavy atom. The van der Waals surface area contributed by atoms with Crippen LogP contribution in [0.3, 0.4) is 0 Å². The number of methoxy groups -OCH3 is 1. The predicted octanol–water partition coefficient (Wildman–Crippen LogP) is 4.06. The maximum atomic E-state index is 12.1. The summed E-state index contributed by atoms with van der Waals surface area (Å²) in [4.78, 5) is 12.1. The molecule has 4 heteroatoms. The van der Waals surface area contributed by atoms with Crippen molar-refractivity contribution in [3.63, 3.8) is 0 Å². The molecule has 0 aromatic heterocycles. The Balaban J connectivity index is 2.21. The molecule has 2 aromatic rings. The van der Waals surface area contributed by atoms with Crippen LogP contribution >= 0.6 is 15.9 Å². The van der Waals surface area contributed by atoms with Crippen LogP contribution < -0.4 is 4.74 Å². The number of phenols is 1. The summed E-state index contributed by atoms with van der Waals surface area (Å²) in [6, 6.07) is 12.2. The molecule has 2 aromatic carbocycles. The van der Waals surface area contributed by atoms with E-state index in [0.717, 1.165) is 10.0 Å². The summed E-state index contributed by atoms with van der Waals surface area (Å²) in [5, 5.41) is 9.50. The second kappa shape index (κ2) is 6.39. The van der Waals surface area contributed by atoms with E-state index < -0.39 is 0 Å². The van der Waals surface area contributed by atoms with Gasteiger partial charge in [0.25, 0.3) is 0 Å². The molecule has 2 rings (SSSR count). The van der Waals surface area contributed by atoms with Gasteiger partial charge in [-0.05, 0) is 35.9 Å². The summed E-state index contributed by atoms with van der Waals surface area (Å²) < 4.78 is 5.78. The van der Waals surface area contributed by atoms with Crippen molar-refractivity contribution in [3.8, 4) is 11.5 Å². The van der Waals surface area contributed by atoms with Crippen LogP contribution in [-0.2, 0) is 0 Å². The zero-order valence-corrected chi connectivity index (χ0v) is 12.4. The molecule has 0 saturated carbocycles. The largest absolute Gasteiger partial charge is 0.504 e. The van der Waals surface area contributed by atoms with E-state index in [1.807, 2.05) is 18.2 Å². The van der Waals surface area contributed by atoms with E-state index in [-0.39, 0.29) is 11.5 Å². The molecule has 0 fully saturated rings. The SMILES string of the molecule is COc1cc(C=CC(=O)c2ccccc2Br)ccc1O. The topological polar surface area (TPSA) is 46.5 Å². The Hall–Kier alpha value is -2.07. The molecule has 1 N–H and O–H groups in total. The fourth-order valence-corrected chi connectivity index (χ4v) is 2.20. The van der Waals surface area contributed by atoms with Crippen molar-refractivity contribution >= 4 is 27.8 Å². The third kappa shape index (κ3) is 3.27. The first kappa shape index (κ1) is 14.3. The van der Waals surface area contributed by atoms with Gasteiger partial charge in [0, 0.05) is 10.0 Å². The zero-order chi connectivity index (χ0) is 14.5. The Morgan fingerprint density at radius 1 is 1.25 bits per heavy atom. The highest BCUT2D eigenvalue weighted by Crippen LogP contribution is 2.27. The lowest BCUT2D eigenvalue weighted by Crippen LogP contribution is -1.95. The Labute approximate surface area is 125 Å². The van der Waals surface area contributed by atoms with Gasteiger partial charge in [0.05, 0.1) is 7.11 Å². The van der Waals surface area contributed by atoms with Gasteiger partial charge in [0.15, 0.2) is 17.3 Å². The van der Waals surface area contributed by atoms with Crippen molar-refractivity contribution in [1.82, 2.24) is 0 Å². The molecule has 0 amide bonds. The lowest BCUT2D eigenvalue weighted by Gasteiger charge is -2.03. The summed E-state index contributed by atoms with van der Waals surface area (Å²) in [7, 11) is 1.48. The maximum Gasteiger partial charge on any atom is 0.186 e. The number of hydrogen-bond acceptors (Lipinski definition) is 3. The number of rotatable bonds is 4.